The van der Waals surface area contributed by atoms with Gasteiger partial charge in [-0.1, -0.05) is 42.5 Å². The summed E-state index contributed by atoms with van der Waals surface area (Å²) in [6.07, 6.45) is -3.40. The third kappa shape index (κ3) is 3.14. The molecule has 4 heteroatoms. The Kier molecular flexibility index (Phi) is 4.69. The second-order valence-corrected chi connectivity index (χ2v) is 4.34. The lowest BCUT2D eigenvalue weighted by Gasteiger charge is -2.16. The standard InChI is InChI=1S/C16H16F2O2/c1-2-20-14-6-4-3-5-13(14)15(19)11-7-9-12(10-8-11)16(17)18/h3-10,15-16,19H,2H2,1H3. The van der Waals surface area contributed by atoms with Crippen molar-refractivity contribution >= 4 is 0 Å². The van der Waals surface area contributed by atoms with Crippen LogP contribution in [0.2, 0.25) is 0 Å². The van der Waals surface area contributed by atoms with Gasteiger partial charge in [0.05, 0.1) is 6.61 Å². The minimum Gasteiger partial charge on any atom is -0.493 e. The molecule has 2 rings (SSSR count). The first-order valence-corrected chi connectivity index (χ1v) is 6.41. The number of hydrogen-bond donors (Lipinski definition) is 1. The van der Waals surface area contributed by atoms with Crippen LogP contribution in [-0.2, 0) is 0 Å². The summed E-state index contributed by atoms with van der Waals surface area (Å²) >= 11 is 0. The molecule has 1 atom stereocenters. The van der Waals surface area contributed by atoms with Gasteiger partial charge in [0, 0.05) is 11.1 Å². The Labute approximate surface area is 116 Å². The summed E-state index contributed by atoms with van der Waals surface area (Å²) in [7, 11) is 0. The third-order valence-electron chi connectivity index (χ3n) is 3.02. The van der Waals surface area contributed by atoms with Gasteiger partial charge in [0.15, 0.2) is 0 Å². The Morgan fingerprint density at radius 3 is 2.20 bits per heavy atom. The molecule has 0 aliphatic rings. The fourth-order valence-corrected chi connectivity index (χ4v) is 2.00. The van der Waals surface area contributed by atoms with Gasteiger partial charge >= 0.3 is 0 Å². The van der Waals surface area contributed by atoms with E-state index in [1.54, 1.807) is 18.2 Å². The minimum atomic E-state index is -2.50. The van der Waals surface area contributed by atoms with Gasteiger partial charge in [0.25, 0.3) is 6.43 Å². The minimum absolute atomic E-state index is 0.0564. The van der Waals surface area contributed by atoms with Crippen molar-refractivity contribution < 1.29 is 18.6 Å². The van der Waals surface area contributed by atoms with E-state index in [4.69, 9.17) is 4.74 Å². The molecular weight excluding hydrogens is 262 g/mol. The molecule has 0 aliphatic heterocycles. The Bertz CT molecular complexity index is 553. The van der Waals surface area contributed by atoms with Gasteiger partial charge in [-0.15, -0.1) is 0 Å². The smallest absolute Gasteiger partial charge is 0.263 e. The van der Waals surface area contributed by atoms with Gasteiger partial charge in [-0.2, -0.15) is 0 Å². The number of ether oxygens (including phenoxy) is 1. The number of alkyl halides is 2. The summed E-state index contributed by atoms with van der Waals surface area (Å²) in [6, 6.07) is 12.8. The van der Waals surface area contributed by atoms with Crippen molar-refractivity contribution in [3.05, 3.63) is 65.2 Å². The van der Waals surface area contributed by atoms with Crippen molar-refractivity contribution in [3.8, 4) is 5.75 Å². The number of halogens is 2. The molecular formula is C16H16F2O2. The van der Waals surface area contributed by atoms with Crippen molar-refractivity contribution in [3.63, 3.8) is 0 Å². The molecule has 2 nitrogen and oxygen atoms in total. The predicted molar refractivity (Wildman–Crippen MR) is 73.1 cm³/mol. The van der Waals surface area contributed by atoms with Gasteiger partial charge in [0.2, 0.25) is 0 Å². The number of aliphatic hydroxyl groups excluding tert-OH is 1. The van der Waals surface area contributed by atoms with E-state index in [0.29, 0.717) is 23.5 Å². The van der Waals surface area contributed by atoms with Crippen LogP contribution in [0.1, 0.15) is 36.1 Å². The lowest BCUT2D eigenvalue weighted by molar-refractivity contribution is 0.151. The molecule has 0 spiro atoms. The van der Waals surface area contributed by atoms with Crippen LogP contribution in [0.5, 0.6) is 5.75 Å². The molecule has 0 heterocycles. The van der Waals surface area contributed by atoms with Gasteiger partial charge in [-0.25, -0.2) is 8.78 Å². The van der Waals surface area contributed by atoms with E-state index in [1.807, 2.05) is 13.0 Å². The molecule has 0 amide bonds. The van der Waals surface area contributed by atoms with Crippen molar-refractivity contribution in [2.24, 2.45) is 0 Å². The molecule has 0 bridgehead atoms. The van der Waals surface area contributed by atoms with Gasteiger partial charge in [-0.05, 0) is 18.6 Å². The van der Waals surface area contributed by atoms with Crippen molar-refractivity contribution in [2.45, 2.75) is 19.5 Å². The highest BCUT2D eigenvalue weighted by Crippen LogP contribution is 2.30. The highest BCUT2D eigenvalue weighted by atomic mass is 19.3. The van der Waals surface area contributed by atoms with E-state index in [9.17, 15) is 13.9 Å². The fraction of sp³-hybridized carbons (Fsp3) is 0.250. The molecule has 2 aromatic rings. The highest BCUT2D eigenvalue weighted by Gasteiger charge is 2.16. The summed E-state index contributed by atoms with van der Waals surface area (Å²) < 4.78 is 30.5. The van der Waals surface area contributed by atoms with Crippen LogP contribution in [0.15, 0.2) is 48.5 Å². The summed E-state index contributed by atoms with van der Waals surface area (Å²) in [5.74, 6) is 0.598. The SMILES string of the molecule is CCOc1ccccc1C(O)c1ccc(C(F)F)cc1. The maximum Gasteiger partial charge on any atom is 0.263 e. The van der Waals surface area contributed by atoms with Gasteiger partial charge < -0.3 is 9.84 Å². The zero-order valence-corrected chi connectivity index (χ0v) is 11.1. The molecule has 0 aromatic heterocycles. The second kappa shape index (κ2) is 6.48. The van der Waals surface area contributed by atoms with Crippen LogP contribution in [0.3, 0.4) is 0 Å². The average Bonchev–Trinajstić information content (AvgIpc) is 2.47. The van der Waals surface area contributed by atoms with Crippen molar-refractivity contribution in [1.29, 1.82) is 0 Å². The Morgan fingerprint density at radius 2 is 1.60 bits per heavy atom. The summed E-state index contributed by atoms with van der Waals surface area (Å²) in [4.78, 5) is 0. The largest absolute Gasteiger partial charge is 0.493 e. The van der Waals surface area contributed by atoms with Crippen LogP contribution in [0, 0.1) is 0 Å². The second-order valence-electron chi connectivity index (χ2n) is 4.34. The monoisotopic (exact) mass is 278 g/mol. The van der Waals surface area contributed by atoms with Crippen LogP contribution < -0.4 is 4.74 Å². The number of hydrogen-bond acceptors (Lipinski definition) is 2. The van der Waals surface area contributed by atoms with Crippen molar-refractivity contribution in [2.75, 3.05) is 6.61 Å². The molecule has 106 valence electrons. The Morgan fingerprint density at radius 1 is 1.00 bits per heavy atom. The lowest BCUT2D eigenvalue weighted by atomic mass is 9.99. The molecule has 1 N–H and O–H groups in total. The van der Waals surface area contributed by atoms with E-state index in [-0.39, 0.29) is 5.56 Å². The molecule has 20 heavy (non-hydrogen) atoms. The number of para-hydroxylation sites is 1. The Hall–Kier alpha value is -1.94. The maximum absolute atomic E-state index is 12.5. The van der Waals surface area contributed by atoms with Gasteiger partial charge in [0.1, 0.15) is 11.9 Å². The number of rotatable bonds is 5. The summed E-state index contributed by atoms with van der Waals surface area (Å²) in [5, 5.41) is 10.4. The van der Waals surface area contributed by atoms with Crippen LogP contribution in [0.4, 0.5) is 8.78 Å². The van der Waals surface area contributed by atoms with E-state index < -0.39 is 12.5 Å². The zero-order valence-electron chi connectivity index (χ0n) is 11.1. The number of aliphatic hydroxyl groups is 1. The first kappa shape index (κ1) is 14.5. The van der Waals surface area contributed by atoms with E-state index >= 15 is 0 Å². The molecule has 2 aromatic carbocycles. The fourth-order valence-electron chi connectivity index (χ4n) is 2.00. The molecule has 0 aliphatic carbocycles. The third-order valence-corrected chi connectivity index (χ3v) is 3.02. The van der Waals surface area contributed by atoms with Crippen molar-refractivity contribution in [1.82, 2.24) is 0 Å². The first-order chi connectivity index (χ1) is 9.63. The van der Waals surface area contributed by atoms with Crippen LogP contribution >= 0.6 is 0 Å². The van der Waals surface area contributed by atoms with E-state index in [2.05, 4.69) is 0 Å². The first-order valence-electron chi connectivity index (χ1n) is 6.41. The maximum atomic E-state index is 12.5. The Balaban J connectivity index is 2.28. The quantitative estimate of drug-likeness (QED) is 0.892. The average molecular weight is 278 g/mol. The highest BCUT2D eigenvalue weighted by molar-refractivity contribution is 5.40. The molecule has 1 unspecified atom stereocenters. The topological polar surface area (TPSA) is 29.5 Å². The normalized spacial score (nSPS) is 12.4. The summed E-state index contributed by atoms with van der Waals surface area (Å²) in [6.45, 7) is 2.36. The molecule has 0 saturated carbocycles. The number of benzene rings is 2. The molecule has 0 fully saturated rings. The predicted octanol–water partition coefficient (Wildman–Crippen LogP) is 4.10. The summed E-state index contributed by atoms with van der Waals surface area (Å²) in [5.41, 5.74) is 1.12. The van der Waals surface area contributed by atoms with Gasteiger partial charge in [-0.3, -0.25) is 0 Å². The zero-order chi connectivity index (χ0) is 14.5. The van der Waals surface area contributed by atoms with E-state index in [1.165, 1.54) is 24.3 Å². The molecule has 0 saturated heterocycles. The van der Waals surface area contributed by atoms with E-state index in [0.717, 1.165) is 0 Å². The van der Waals surface area contributed by atoms with Crippen LogP contribution in [-0.4, -0.2) is 11.7 Å². The lowest BCUT2D eigenvalue weighted by Crippen LogP contribution is -2.04. The van der Waals surface area contributed by atoms with Crippen LogP contribution in [0.25, 0.3) is 0 Å². The molecule has 0 radical (unpaired) electrons.